The fraction of sp³-hybridized carbons (Fsp3) is 0.588. The van der Waals surface area contributed by atoms with E-state index in [-0.39, 0.29) is 24.4 Å². The number of primary amides is 1. The van der Waals surface area contributed by atoms with Crippen molar-refractivity contribution in [2.24, 2.45) is 5.73 Å². The van der Waals surface area contributed by atoms with Crippen LogP contribution in [0.25, 0.3) is 0 Å². The number of nitrogens with zero attached hydrogens (tertiary/aromatic N) is 1. The molecule has 1 aromatic rings. The molecule has 22 heavy (non-hydrogen) atoms. The monoisotopic (exact) mass is 328 g/mol. The predicted molar refractivity (Wildman–Crippen MR) is 93.6 cm³/mol. The summed E-state index contributed by atoms with van der Waals surface area (Å²) in [4.78, 5) is 14.2. The molecule has 1 aromatic carbocycles. The average Bonchev–Trinajstić information content (AvgIpc) is 2.50. The van der Waals surface area contributed by atoms with Crippen LogP contribution in [-0.2, 0) is 4.79 Å². The summed E-state index contributed by atoms with van der Waals surface area (Å²) >= 11 is 0. The Morgan fingerprint density at radius 2 is 1.64 bits per heavy atom. The number of ether oxygens (including phenoxy) is 1. The number of hydrogen-bond donors (Lipinski definition) is 1. The summed E-state index contributed by atoms with van der Waals surface area (Å²) in [6, 6.07) is 7.26. The van der Waals surface area contributed by atoms with E-state index in [1.807, 2.05) is 24.3 Å². The van der Waals surface area contributed by atoms with Crippen molar-refractivity contribution in [3.63, 3.8) is 0 Å². The molecule has 0 fully saturated rings. The van der Waals surface area contributed by atoms with Gasteiger partial charge in [0.2, 0.25) is 5.91 Å². The van der Waals surface area contributed by atoms with Crippen LogP contribution in [0.3, 0.4) is 0 Å². The number of rotatable bonds is 10. The Balaban J connectivity index is 0.00000441. The van der Waals surface area contributed by atoms with Gasteiger partial charge in [0.15, 0.2) is 0 Å². The summed E-state index contributed by atoms with van der Waals surface area (Å²) in [5, 5.41) is 0. The number of nitrogens with two attached hydrogens (primary N) is 1. The zero-order valence-electron chi connectivity index (χ0n) is 13.9. The lowest BCUT2D eigenvalue weighted by Crippen LogP contribution is -2.39. The molecule has 0 bridgehead atoms. The second-order valence-electron chi connectivity index (χ2n) is 5.32. The van der Waals surface area contributed by atoms with Crippen molar-refractivity contribution in [2.75, 3.05) is 20.2 Å². The molecule has 0 saturated carbocycles. The molecule has 0 radical (unpaired) electrons. The zero-order valence-corrected chi connectivity index (χ0v) is 14.7. The first-order chi connectivity index (χ1) is 10.1. The highest BCUT2D eigenvalue weighted by atomic mass is 35.5. The first-order valence-electron chi connectivity index (χ1n) is 7.81. The molecule has 0 aliphatic rings. The second kappa shape index (κ2) is 11.3. The summed E-state index contributed by atoms with van der Waals surface area (Å²) in [7, 11) is 1.63. The molecular weight excluding hydrogens is 300 g/mol. The fourth-order valence-electron chi connectivity index (χ4n) is 2.43. The molecule has 0 heterocycles. The maximum atomic E-state index is 12.0. The minimum absolute atomic E-state index is 0. The molecule has 5 heteroatoms. The van der Waals surface area contributed by atoms with E-state index >= 15 is 0 Å². The fourth-order valence-corrected chi connectivity index (χ4v) is 2.43. The number of methoxy groups -OCH3 is 1. The smallest absolute Gasteiger partial charge is 0.239 e. The normalized spacial score (nSPS) is 11.8. The molecule has 1 atom stereocenters. The van der Waals surface area contributed by atoms with Crippen LogP contribution in [0, 0.1) is 0 Å². The third-order valence-corrected chi connectivity index (χ3v) is 3.66. The van der Waals surface area contributed by atoms with E-state index in [1.165, 1.54) is 0 Å². The lowest BCUT2D eigenvalue weighted by molar-refractivity contribution is -0.123. The topological polar surface area (TPSA) is 55.6 Å². The highest BCUT2D eigenvalue weighted by Crippen LogP contribution is 2.24. The maximum absolute atomic E-state index is 12.0. The van der Waals surface area contributed by atoms with Crippen LogP contribution in [0.2, 0.25) is 0 Å². The molecule has 2 N–H and O–H groups in total. The van der Waals surface area contributed by atoms with E-state index in [2.05, 4.69) is 18.7 Å². The third kappa shape index (κ3) is 6.24. The number of halogens is 1. The number of hydrogen-bond acceptors (Lipinski definition) is 3. The Hall–Kier alpha value is -1.26. The molecule has 0 aliphatic heterocycles. The summed E-state index contributed by atoms with van der Waals surface area (Å²) in [6.45, 7) is 6.11. The Bertz CT molecular complexity index is 415. The second-order valence-corrected chi connectivity index (χ2v) is 5.32. The Kier molecular flexibility index (Phi) is 10.7. The SMILES string of the molecule is CCCCN(CCCC)[C@H](C(N)=O)c1ccc(OC)cc1.Cl. The molecule has 0 spiro atoms. The van der Waals surface area contributed by atoms with Gasteiger partial charge in [-0.2, -0.15) is 0 Å². The third-order valence-electron chi connectivity index (χ3n) is 3.66. The molecule has 4 nitrogen and oxygen atoms in total. The lowest BCUT2D eigenvalue weighted by Gasteiger charge is -2.30. The van der Waals surface area contributed by atoms with Crippen LogP contribution < -0.4 is 10.5 Å². The summed E-state index contributed by atoms with van der Waals surface area (Å²) in [6.07, 6.45) is 4.36. The van der Waals surface area contributed by atoms with Gasteiger partial charge in [-0.15, -0.1) is 12.4 Å². The van der Waals surface area contributed by atoms with Gasteiger partial charge in [0, 0.05) is 0 Å². The van der Waals surface area contributed by atoms with Crippen LogP contribution in [0.5, 0.6) is 5.75 Å². The molecular formula is C17H29ClN2O2. The molecule has 0 aromatic heterocycles. The van der Waals surface area contributed by atoms with Crippen molar-refractivity contribution in [3.05, 3.63) is 29.8 Å². The Morgan fingerprint density at radius 1 is 1.14 bits per heavy atom. The molecule has 0 aliphatic carbocycles. The van der Waals surface area contributed by atoms with Gasteiger partial charge >= 0.3 is 0 Å². The first kappa shape index (κ1) is 20.7. The minimum Gasteiger partial charge on any atom is -0.497 e. The van der Waals surface area contributed by atoms with Crippen molar-refractivity contribution >= 4 is 18.3 Å². The zero-order chi connectivity index (χ0) is 15.7. The predicted octanol–water partition coefficient (Wildman–Crippen LogP) is 3.55. The van der Waals surface area contributed by atoms with Gasteiger partial charge in [0.25, 0.3) is 0 Å². The van der Waals surface area contributed by atoms with Crippen LogP contribution in [0.1, 0.15) is 51.1 Å². The van der Waals surface area contributed by atoms with E-state index in [1.54, 1.807) is 7.11 Å². The molecule has 1 amide bonds. The van der Waals surface area contributed by atoms with E-state index in [9.17, 15) is 4.79 Å². The highest BCUT2D eigenvalue weighted by Gasteiger charge is 2.24. The lowest BCUT2D eigenvalue weighted by atomic mass is 10.0. The van der Waals surface area contributed by atoms with Gasteiger partial charge in [0.05, 0.1) is 7.11 Å². The van der Waals surface area contributed by atoms with Crippen LogP contribution >= 0.6 is 12.4 Å². The molecule has 0 unspecified atom stereocenters. The van der Waals surface area contributed by atoms with Crippen LogP contribution in [-0.4, -0.2) is 31.0 Å². The number of carbonyl (C=O) groups is 1. The van der Waals surface area contributed by atoms with Gasteiger partial charge < -0.3 is 10.5 Å². The Morgan fingerprint density at radius 3 is 2.00 bits per heavy atom. The van der Waals surface area contributed by atoms with Gasteiger partial charge in [-0.05, 0) is 43.6 Å². The van der Waals surface area contributed by atoms with E-state index in [4.69, 9.17) is 10.5 Å². The largest absolute Gasteiger partial charge is 0.497 e. The standard InChI is InChI=1S/C17H28N2O2.ClH/c1-4-6-12-19(13-7-5-2)16(17(18)20)14-8-10-15(21-3)11-9-14;/h8-11,16H,4-7,12-13H2,1-3H3,(H2,18,20);1H/t16-;/m0./s1. The molecule has 0 saturated heterocycles. The van der Waals surface area contributed by atoms with Crippen molar-refractivity contribution in [3.8, 4) is 5.75 Å². The first-order valence-corrected chi connectivity index (χ1v) is 7.81. The maximum Gasteiger partial charge on any atom is 0.239 e. The number of carbonyl (C=O) groups excluding carboxylic acids is 1. The molecule has 126 valence electrons. The van der Waals surface area contributed by atoms with Crippen molar-refractivity contribution in [1.82, 2.24) is 4.90 Å². The van der Waals surface area contributed by atoms with Gasteiger partial charge in [0.1, 0.15) is 11.8 Å². The number of amides is 1. The van der Waals surface area contributed by atoms with Crippen LogP contribution in [0.15, 0.2) is 24.3 Å². The van der Waals surface area contributed by atoms with Gasteiger partial charge in [-0.1, -0.05) is 38.8 Å². The van der Waals surface area contributed by atoms with E-state index in [0.717, 1.165) is 50.1 Å². The minimum atomic E-state index is -0.353. The van der Waals surface area contributed by atoms with E-state index < -0.39 is 0 Å². The van der Waals surface area contributed by atoms with Crippen molar-refractivity contribution in [2.45, 2.75) is 45.6 Å². The summed E-state index contributed by atoms with van der Waals surface area (Å²) in [5.74, 6) is 0.503. The van der Waals surface area contributed by atoms with Crippen LogP contribution in [0.4, 0.5) is 0 Å². The number of unbranched alkanes of at least 4 members (excludes halogenated alkanes) is 2. The van der Waals surface area contributed by atoms with Crippen molar-refractivity contribution < 1.29 is 9.53 Å². The van der Waals surface area contributed by atoms with Gasteiger partial charge in [-0.25, -0.2) is 0 Å². The average molecular weight is 329 g/mol. The quantitative estimate of drug-likeness (QED) is 0.714. The summed E-state index contributed by atoms with van der Waals surface area (Å²) in [5.41, 5.74) is 6.61. The summed E-state index contributed by atoms with van der Waals surface area (Å²) < 4.78 is 5.17. The number of benzene rings is 1. The van der Waals surface area contributed by atoms with Gasteiger partial charge in [-0.3, -0.25) is 9.69 Å². The molecule has 1 rings (SSSR count). The Labute approximate surface area is 140 Å². The van der Waals surface area contributed by atoms with E-state index in [0.29, 0.717) is 0 Å². The highest BCUT2D eigenvalue weighted by molar-refractivity contribution is 5.85. The van der Waals surface area contributed by atoms with Crippen molar-refractivity contribution in [1.29, 1.82) is 0 Å².